The fourth-order valence-electron chi connectivity index (χ4n) is 5.34. The van der Waals surface area contributed by atoms with Crippen LogP contribution in [0.15, 0.2) is 12.2 Å². The first-order chi connectivity index (χ1) is 12.2. The van der Waals surface area contributed by atoms with E-state index in [1.807, 2.05) is 0 Å². The summed E-state index contributed by atoms with van der Waals surface area (Å²) in [5.41, 5.74) is 0. The maximum atomic E-state index is 12.1. The van der Waals surface area contributed by atoms with Gasteiger partial charge in [0.25, 0.3) is 0 Å². The molecule has 2 saturated carbocycles. The fraction of sp³-hybridized carbons (Fsp3) is 0.818. The van der Waals surface area contributed by atoms with E-state index in [-0.39, 0.29) is 12.2 Å². The number of hydrogen-bond donors (Lipinski definition) is 0. The van der Waals surface area contributed by atoms with Crippen LogP contribution in [0.1, 0.15) is 67.2 Å². The zero-order valence-corrected chi connectivity index (χ0v) is 17.2. The summed E-state index contributed by atoms with van der Waals surface area (Å²) >= 11 is 0. The highest BCUT2D eigenvalue weighted by molar-refractivity contribution is 5.91. The van der Waals surface area contributed by atoms with Gasteiger partial charge in [-0.3, -0.25) is 0 Å². The minimum Gasteiger partial charge on any atom is -0.459 e. The quantitative estimate of drug-likeness (QED) is 0.532. The highest BCUT2D eigenvalue weighted by atomic mass is 16.5. The van der Waals surface area contributed by atoms with Crippen molar-refractivity contribution < 1.29 is 19.1 Å². The number of rotatable bonds is 4. The van der Waals surface area contributed by atoms with Crippen LogP contribution in [0, 0.1) is 35.5 Å². The molecule has 26 heavy (non-hydrogen) atoms. The maximum absolute atomic E-state index is 12.1. The van der Waals surface area contributed by atoms with Crippen molar-refractivity contribution in [3.8, 4) is 0 Å². The van der Waals surface area contributed by atoms with Crippen molar-refractivity contribution in [2.24, 2.45) is 35.5 Å². The summed E-state index contributed by atoms with van der Waals surface area (Å²) in [6, 6.07) is 0. The molecule has 0 spiro atoms. The molecule has 0 aromatic rings. The third-order valence-electron chi connectivity index (χ3n) is 6.20. The molecule has 0 bridgehead atoms. The molecular formula is C22H36O4. The number of ether oxygens (including phenoxy) is 2. The summed E-state index contributed by atoms with van der Waals surface area (Å²) in [5.74, 6) is 1.85. The Morgan fingerprint density at radius 2 is 0.885 bits per heavy atom. The van der Waals surface area contributed by atoms with Gasteiger partial charge >= 0.3 is 11.9 Å². The van der Waals surface area contributed by atoms with Crippen LogP contribution in [0.5, 0.6) is 0 Å². The third-order valence-corrected chi connectivity index (χ3v) is 6.20. The van der Waals surface area contributed by atoms with Crippen LogP contribution in [0.3, 0.4) is 0 Å². The summed E-state index contributed by atoms with van der Waals surface area (Å²) in [6.07, 6.45) is 6.60. The van der Waals surface area contributed by atoms with Gasteiger partial charge in [-0.25, -0.2) is 9.59 Å². The molecule has 2 aliphatic carbocycles. The summed E-state index contributed by atoms with van der Waals surface area (Å²) < 4.78 is 11.3. The molecule has 0 heterocycles. The lowest BCUT2D eigenvalue weighted by molar-refractivity contribution is -0.154. The summed E-state index contributed by atoms with van der Waals surface area (Å²) in [5, 5.41) is 0. The van der Waals surface area contributed by atoms with Gasteiger partial charge in [0.05, 0.1) is 0 Å². The van der Waals surface area contributed by atoms with Crippen LogP contribution in [-0.4, -0.2) is 24.1 Å². The average Bonchev–Trinajstić information content (AvgIpc) is 2.52. The molecule has 2 rings (SSSR count). The Bertz CT molecular complexity index is 456. The molecule has 148 valence electrons. The second kappa shape index (κ2) is 9.05. The lowest BCUT2D eigenvalue weighted by Crippen LogP contribution is -2.37. The van der Waals surface area contributed by atoms with Crippen LogP contribution < -0.4 is 0 Å². The highest BCUT2D eigenvalue weighted by Crippen LogP contribution is 2.36. The number of esters is 2. The van der Waals surface area contributed by atoms with Gasteiger partial charge in [-0.15, -0.1) is 0 Å². The molecule has 0 saturated heterocycles. The lowest BCUT2D eigenvalue weighted by Gasteiger charge is -2.37. The first-order valence-electron chi connectivity index (χ1n) is 10.3. The molecule has 0 N–H and O–H groups in total. The van der Waals surface area contributed by atoms with Gasteiger partial charge in [0.15, 0.2) is 0 Å². The summed E-state index contributed by atoms with van der Waals surface area (Å²) in [4.78, 5) is 24.3. The van der Waals surface area contributed by atoms with E-state index < -0.39 is 11.9 Å². The predicted octanol–water partition coefficient (Wildman–Crippen LogP) is 4.77. The minimum absolute atomic E-state index is 0.0701. The molecule has 4 nitrogen and oxygen atoms in total. The SMILES string of the molecule is CC1CC(C)C(OC(=O)/C=C/C(=O)OC2C(C)CC(C)CC2C)C(C)C1. The molecule has 2 aliphatic rings. The average molecular weight is 365 g/mol. The molecule has 0 amide bonds. The predicted molar refractivity (Wildman–Crippen MR) is 102 cm³/mol. The number of hydrogen-bond acceptors (Lipinski definition) is 4. The van der Waals surface area contributed by atoms with Crippen LogP contribution in [0.4, 0.5) is 0 Å². The van der Waals surface area contributed by atoms with Crippen LogP contribution in [-0.2, 0) is 19.1 Å². The normalized spacial score (nSPS) is 41.0. The van der Waals surface area contributed by atoms with E-state index in [9.17, 15) is 9.59 Å². The van der Waals surface area contributed by atoms with Crippen molar-refractivity contribution in [2.45, 2.75) is 79.4 Å². The van der Waals surface area contributed by atoms with Crippen LogP contribution in [0.25, 0.3) is 0 Å². The van der Waals surface area contributed by atoms with Crippen molar-refractivity contribution in [3.63, 3.8) is 0 Å². The fourth-order valence-corrected chi connectivity index (χ4v) is 5.34. The molecule has 4 heteroatoms. The van der Waals surface area contributed by atoms with E-state index in [1.165, 1.54) is 12.2 Å². The maximum Gasteiger partial charge on any atom is 0.331 e. The molecule has 2 fully saturated rings. The van der Waals surface area contributed by atoms with Crippen molar-refractivity contribution in [1.82, 2.24) is 0 Å². The van der Waals surface area contributed by atoms with Gasteiger partial charge in [-0.1, -0.05) is 41.5 Å². The Balaban J connectivity index is 1.84. The number of carbonyl (C=O) groups is 2. The van der Waals surface area contributed by atoms with Crippen molar-refractivity contribution in [1.29, 1.82) is 0 Å². The highest BCUT2D eigenvalue weighted by Gasteiger charge is 2.35. The smallest absolute Gasteiger partial charge is 0.331 e. The zero-order valence-electron chi connectivity index (χ0n) is 17.2. The Morgan fingerprint density at radius 3 is 1.15 bits per heavy atom. The molecule has 0 radical (unpaired) electrons. The largest absolute Gasteiger partial charge is 0.459 e. The number of carbonyl (C=O) groups excluding carboxylic acids is 2. The van der Waals surface area contributed by atoms with Gasteiger partial charge < -0.3 is 9.47 Å². The zero-order chi connectivity index (χ0) is 19.4. The molecule has 4 unspecified atom stereocenters. The van der Waals surface area contributed by atoms with Crippen LogP contribution in [0.2, 0.25) is 0 Å². The van der Waals surface area contributed by atoms with Gasteiger partial charge in [-0.2, -0.15) is 0 Å². The monoisotopic (exact) mass is 364 g/mol. The van der Waals surface area contributed by atoms with E-state index in [0.717, 1.165) is 25.7 Å². The Labute approximate surface area is 158 Å². The molecule has 0 aromatic carbocycles. The van der Waals surface area contributed by atoms with Crippen LogP contribution >= 0.6 is 0 Å². The van der Waals surface area contributed by atoms with Crippen molar-refractivity contribution in [2.75, 3.05) is 0 Å². The first-order valence-corrected chi connectivity index (χ1v) is 10.3. The molecule has 0 aliphatic heterocycles. The Morgan fingerprint density at radius 1 is 0.615 bits per heavy atom. The van der Waals surface area contributed by atoms with Gasteiger partial charge in [-0.05, 0) is 61.2 Å². The van der Waals surface area contributed by atoms with Gasteiger partial charge in [0.2, 0.25) is 0 Å². The van der Waals surface area contributed by atoms with E-state index in [4.69, 9.17) is 9.47 Å². The van der Waals surface area contributed by atoms with Gasteiger partial charge in [0, 0.05) is 12.2 Å². The Kier molecular flexibility index (Phi) is 7.31. The van der Waals surface area contributed by atoms with Gasteiger partial charge in [0.1, 0.15) is 12.2 Å². The second-order valence-electron chi connectivity index (χ2n) is 9.20. The standard InChI is InChI=1S/C22H36O4/c1-13-9-15(3)21(16(4)10-13)25-19(23)7-8-20(24)26-22-17(5)11-14(2)12-18(22)6/h7-8,13-18,21-22H,9-12H2,1-6H3/b8-7+. The molecule has 0 aromatic heterocycles. The van der Waals surface area contributed by atoms with Crippen molar-refractivity contribution >= 4 is 11.9 Å². The van der Waals surface area contributed by atoms with E-state index >= 15 is 0 Å². The summed E-state index contributed by atoms with van der Waals surface area (Å²) in [6.45, 7) is 13.0. The first kappa shape index (κ1) is 21.0. The molecular weight excluding hydrogens is 328 g/mol. The minimum atomic E-state index is -0.446. The third kappa shape index (κ3) is 5.59. The second-order valence-corrected chi connectivity index (χ2v) is 9.20. The van der Waals surface area contributed by atoms with E-state index in [1.54, 1.807) is 0 Å². The van der Waals surface area contributed by atoms with E-state index in [0.29, 0.717) is 35.5 Å². The Hall–Kier alpha value is -1.32. The topological polar surface area (TPSA) is 52.6 Å². The van der Waals surface area contributed by atoms with Crippen molar-refractivity contribution in [3.05, 3.63) is 12.2 Å². The summed E-state index contributed by atoms with van der Waals surface area (Å²) in [7, 11) is 0. The lowest BCUT2D eigenvalue weighted by atomic mass is 9.75. The van der Waals surface area contributed by atoms with E-state index in [2.05, 4.69) is 41.5 Å². The molecule has 4 atom stereocenters.